The maximum Gasteiger partial charge on any atom is 0.240 e. The van der Waals surface area contributed by atoms with Gasteiger partial charge in [0.2, 0.25) is 6.29 Å². The number of benzene rings is 2. The van der Waals surface area contributed by atoms with E-state index in [1.807, 2.05) is 6.07 Å². The van der Waals surface area contributed by atoms with Crippen molar-refractivity contribution >= 4 is 0 Å². The van der Waals surface area contributed by atoms with Crippen molar-refractivity contribution in [3.05, 3.63) is 83.1 Å². The molecule has 0 radical (unpaired) electrons. The molecule has 2 aliphatic rings. The highest BCUT2D eigenvalue weighted by atomic mass is 19.1. The lowest BCUT2D eigenvalue weighted by Crippen LogP contribution is -2.14. The van der Waals surface area contributed by atoms with Crippen LogP contribution in [0.15, 0.2) is 55.0 Å². The van der Waals surface area contributed by atoms with Gasteiger partial charge in [0.1, 0.15) is 18.3 Å². The van der Waals surface area contributed by atoms with E-state index in [-0.39, 0.29) is 12.1 Å². The van der Waals surface area contributed by atoms with Crippen molar-refractivity contribution in [1.82, 2.24) is 0 Å². The maximum atomic E-state index is 14.5. The molecule has 2 aromatic carbocycles. The van der Waals surface area contributed by atoms with E-state index >= 15 is 0 Å². The Morgan fingerprint density at radius 3 is 2.16 bits per heavy atom. The van der Waals surface area contributed by atoms with Gasteiger partial charge in [-0.15, -0.1) is 0 Å². The second-order valence-corrected chi connectivity index (χ2v) is 9.11. The van der Waals surface area contributed by atoms with E-state index < -0.39 is 0 Å². The van der Waals surface area contributed by atoms with E-state index in [4.69, 9.17) is 9.47 Å². The minimum atomic E-state index is -0.282. The van der Waals surface area contributed by atoms with Crippen LogP contribution in [0.2, 0.25) is 0 Å². The maximum absolute atomic E-state index is 14.5. The molecule has 0 bridgehead atoms. The molecule has 0 unspecified atom stereocenters. The zero-order valence-electron chi connectivity index (χ0n) is 19.0. The van der Waals surface area contributed by atoms with Crippen LogP contribution in [0.25, 0.3) is 0 Å². The molecule has 0 amide bonds. The van der Waals surface area contributed by atoms with Gasteiger partial charge in [-0.05, 0) is 66.5 Å². The second-order valence-electron chi connectivity index (χ2n) is 9.11. The summed E-state index contributed by atoms with van der Waals surface area (Å²) in [5.41, 5.74) is 3.63. The Hall–Kier alpha value is -2.73. The summed E-state index contributed by atoms with van der Waals surface area (Å²) in [6.07, 6.45) is 13.6. The van der Waals surface area contributed by atoms with Crippen LogP contribution in [-0.4, -0.2) is 6.29 Å². The fraction of sp³-hybridized carbons (Fsp3) is 0.448. The fourth-order valence-electron chi connectivity index (χ4n) is 4.70. The van der Waals surface area contributed by atoms with E-state index in [0.29, 0.717) is 18.4 Å². The van der Waals surface area contributed by atoms with Gasteiger partial charge in [-0.3, -0.25) is 0 Å². The summed E-state index contributed by atoms with van der Waals surface area (Å²) < 4.78 is 25.0. The molecule has 2 nitrogen and oxygen atoms in total. The number of hydrogen-bond donors (Lipinski definition) is 0. The first-order valence-corrected chi connectivity index (χ1v) is 12.0. The van der Waals surface area contributed by atoms with E-state index in [2.05, 4.69) is 43.0 Å². The minimum Gasteiger partial charge on any atom is -0.459 e. The van der Waals surface area contributed by atoms with Gasteiger partial charge in [0, 0.05) is 12.0 Å². The quantitative estimate of drug-likeness (QED) is 0.433. The van der Waals surface area contributed by atoms with Crippen LogP contribution in [-0.2, 0) is 22.3 Å². The highest BCUT2D eigenvalue weighted by molar-refractivity contribution is 5.44. The topological polar surface area (TPSA) is 18.5 Å². The predicted molar refractivity (Wildman–Crippen MR) is 126 cm³/mol. The molecule has 1 heterocycles. The van der Waals surface area contributed by atoms with E-state index in [1.165, 1.54) is 56.6 Å². The van der Waals surface area contributed by atoms with Crippen molar-refractivity contribution in [1.29, 1.82) is 0 Å². The molecule has 1 saturated carbocycles. The fourth-order valence-corrected chi connectivity index (χ4v) is 4.70. The molecule has 0 aromatic heterocycles. The smallest absolute Gasteiger partial charge is 0.240 e. The Morgan fingerprint density at radius 1 is 0.812 bits per heavy atom. The van der Waals surface area contributed by atoms with Crippen LogP contribution >= 0.6 is 0 Å². The van der Waals surface area contributed by atoms with Gasteiger partial charge in [-0.25, -0.2) is 4.39 Å². The number of halogens is 1. The summed E-state index contributed by atoms with van der Waals surface area (Å²) >= 11 is 0. The third kappa shape index (κ3) is 6.39. The largest absolute Gasteiger partial charge is 0.459 e. The standard InChI is InChI=1S/C29H33FO2/c1-2-22-3-5-23(6-4-22)7-8-24-9-11-25(12-10-24)13-16-27-17-14-26(21-28(27)30)15-18-29-31-19-20-32-29/h9-12,14,17,19-23,29H,2-8,15,18H2,1H3. The summed E-state index contributed by atoms with van der Waals surface area (Å²) in [6, 6.07) is 13.7. The highest BCUT2D eigenvalue weighted by Gasteiger charge is 2.19. The van der Waals surface area contributed by atoms with Crippen LogP contribution in [0, 0.1) is 29.5 Å². The van der Waals surface area contributed by atoms with E-state index in [0.717, 1.165) is 29.4 Å². The Balaban J connectivity index is 1.27. The predicted octanol–water partition coefficient (Wildman–Crippen LogP) is 7.15. The molecule has 3 heteroatoms. The van der Waals surface area contributed by atoms with Crippen molar-refractivity contribution in [3.8, 4) is 11.8 Å². The summed E-state index contributed by atoms with van der Waals surface area (Å²) in [7, 11) is 0. The Morgan fingerprint density at radius 2 is 1.47 bits per heavy atom. The van der Waals surface area contributed by atoms with Gasteiger partial charge in [0.25, 0.3) is 0 Å². The lowest BCUT2D eigenvalue weighted by molar-refractivity contribution is -0.0275. The second kappa shape index (κ2) is 11.2. The van der Waals surface area contributed by atoms with Gasteiger partial charge in [-0.2, -0.15) is 0 Å². The van der Waals surface area contributed by atoms with Gasteiger partial charge >= 0.3 is 0 Å². The van der Waals surface area contributed by atoms with Crippen LogP contribution in [0.5, 0.6) is 0 Å². The molecule has 1 aliphatic heterocycles. The molecule has 4 rings (SSSR count). The average Bonchev–Trinajstić information content (AvgIpc) is 3.36. The van der Waals surface area contributed by atoms with Crippen LogP contribution in [0.1, 0.15) is 74.1 Å². The van der Waals surface area contributed by atoms with Gasteiger partial charge < -0.3 is 9.47 Å². The zero-order valence-corrected chi connectivity index (χ0v) is 19.0. The summed E-state index contributed by atoms with van der Waals surface area (Å²) in [5, 5.41) is 0. The van der Waals surface area contributed by atoms with E-state index in [1.54, 1.807) is 12.1 Å². The minimum absolute atomic E-state index is 0.267. The number of ether oxygens (including phenoxy) is 2. The molecule has 0 saturated heterocycles. The third-order valence-electron chi connectivity index (χ3n) is 6.90. The first-order valence-electron chi connectivity index (χ1n) is 12.0. The first kappa shape index (κ1) is 22.5. The number of rotatable bonds is 7. The SMILES string of the molecule is CCC1CCC(CCc2ccc(C#Cc3ccc(CCC4OC=CO4)cc3F)cc2)CC1. The van der Waals surface area contributed by atoms with E-state index in [9.17, 15) is 4.39 Å². The normalized spacial score (nSPS) is 20.3. The molecule has 2 aromatic rings. The molecule has 1 aliphatic carbocycles. The van der Waals surface area contributed by atoms with Crippen LogP contribution < -0.4 is 0 Å². The molecular formula is C29H33FO2. The monoisotopic (exact) mass is 432 g/mol. The molecule has 32 heavy (non-hydrogen) atoms. The number of aryl methyl sites for hydroxylation is 2. The Kier molecular flexibility index (Phi) is 7.88. The highest BCUT2D eigenvalue weighted by Crippen LogP contribution is 2.33. The summed E-state index contributed by atoms with van der Waals surface area (Å²) in [6.45, 7) is 2.32. The molecular weight excluding hydrogens is 399 g/mol. The molecule has 0 N–H and O–H groups in total. The van der Waals surface area contributed by atoms with Crippen molar-refractivity contribution in [2.45, 2.75) is 71.0 Å². The van der Waals surface area contributed by atoms with Crippen molar-refractivity contribution in [3.63, 3.8) is 0 Å². The third-order valence-corrected chi connectivity index (χ3v) is 6.90. The van der Waals surface area contributed by atoms with Gasteiger partial charge in [0.15, 0.2) is 0 Å². The Labute approximate surface area is 191 Å². The van der Waals surface area contributed by atoms with Crippen molar-refractivity contribution in [2.75, 3.05) is 0 Å². The molecule has 168 valence electrons. The van der Waals surface area contributed by atoms with Gasteiger partial charge in [-0.1, -0.05) is 69.1 Å². The molecule has 0 spiro atoms. The average molecular weight is 433 g/mol. The lowest BCUT2D eigenvalue weighted by atomic mass is 9.78. The first-order chi connectivity index (χ1) is 15.7. The number of hydrogen-bond acceptors (Lipinski definition) is 2. The lowest BCUT2D eigenvalue weighted by Gasteiger charge is -2.27. The summed E-state index contributed by atoms with van der Waals surface area (Å²) in [5.74, 6) is 7.65. The van der Waals surface area contributed by atoms with Crippen LogP contribution in [0.3, 0.4) is 0 Å². The zero-order chi connectivity index (χ0) is 22.2. The van der Waals surface area contributed by atoms with Crippen LogP contribution in [0.4, 0.5) is 4.39 Å². The van der Waals surface area contributed by atoms with Crippen molar-refractivity contribution < 1.29 is 13.9 Å². The summed E-state index contributed by atoms with van der Waals surface area (Å²) in [4.78, 5) is 0. The molecule has 1 fully saturated rings. The van der Waals surface area contributed by atoms with Gasteiger partial charge in [0.05, 0.1) is 5.56 Å². The molecule has 0 atom stereocenters. The van der Waals surface area contributed by atoms with Crippen molar-refractivity contribution in [2.24, 2.45) is 11.8 Å². The Bertz CT molecular complexity index is 951.